The Kier molecular flexibility index (Phi) is 10.2. The Morgan fingerprint density at radius 1 is 1.11 bits per heavy atom. The van der Waals surface area contributed by atoms with E-state index in [1.54, 1.807) is 15.5 Å². The molecule has 3 heterocycles. The quantitative estimate of drug-likeness (QED) is 0.218. The van der Waals surface area contributed by atoms with E-state index in [-0.39, 0.29) is 23.9 Å². The zero-order valence-electron chi connectivity index (χ0n) is 26.4. The number of benzene rings is 2. The Labute approximate surface area is 273 Å². The molecule has 236 valence electrons. The fourth-order valence-electron chi connectivity index (χ4n) is 5.87. The summed E-state index contributed by atoms with van der Waals surface area (Å²) in [6.07, 6.45) is 1.96. The molecule has 0 saturated carbocycles. The number of carbonyl (C=O) groups is 2. The van der Waals surface area contributed by atoms with Crippen LogP contribution in [0, 0.1) is 5.92 Å². The van der Waals surface area contributed by atoms with Gasteiger partial charge in [-0.05, 0) is 54.5 Å². The number of carbonyl (C=O) groups excluding carboxylic acids is 2. The summed E-state index contributed by atoms with van der Waals surface area (Å²) in [6.45, 7) is 9.37. The van der Waals surface area contributed by atoms with Crippen LogP contribution in [-0.4, -0.2) is 59.1 Å². The lowest BCUT2D eigenvalue weighted by Crippen LogP contribution is -2.56. The highest BCUT2D eigenvalue weighted by Crippen LogP contribution is 2.32. The molecule has 2 aromatic carbocycles. The third kappa shape index (κ3) is 6.76. The summed E-state index contributed by atoms with van der Waals surface area (Å²) in [5, 5.41) is 6.23. The molecule has 1 N–H and O–H groups in total. The molecule has 1 saturated heterocycles. The highest BCUT2D eigenvalue weighted by molar-refractivity contribution is 7.13. The number of ether oxygens (including phenoxy) is 1. The number of piperazine rings is 1. The van der Waals surface area contributed by atoms with Gasteiger partial charge in [0.2, 0.25) is 0 Å². The average molecular weight is 647 g/mol. The number of hydrogen-bond donors (Lipinski definition) is 1. The molecule has 2 aromatic heterocycles. The number of aryl methyl sites for hydroxylation is 2. The summed E-state index contributed by atoms with van der Waals surface area (Å²) < 4.78 is 6.75. The van der Waals surface area contributed by atoms with E-state index in [0.717, 1.165) is 40.9 Å². The fourth-order valence-corrected chi connectivity index (χ4v) is 6.84. The minimum Gasteiger partial charge on any atom is -0.468 e. The van der Waals surface area contributed by atoms with E-state index in [4.69, 9.17) is 21.3 Å². The molecule has 0 spiro atoms. The van der Waals surface area contributed by atoms with Crippen molar-refractivity contribution < 1.29 is 14.3 Å². The van der Waals surface area contributed by atoms with Crippen LogP contribution in [0.25, 0.3) is 27.5 Å². The SMILES string of the molecule is CCc1cccc(CC)c1-n1c(CC(C)C)c(C(=O)N2CCN[C@H](C(=O)OC)C2)cc(-c2nc(-c3ccc(Cl)cc3)cs2)c1=O. The van der Waals surface area contributed by atoms with Gasteiger partial charge in [0.15, 0.2) is 0 Å². The number of hydrogen-bond acceptors (Lipinski definition) is 7. The third-order valence-corrected chi connectivity index (χ3v) is 9.27. The highest BCUT2D eigenvalue weighted by atomic mass is 35.5. The second-order valence-corrected chi connectivity index (χ2v) is 12.9. The van der Waals surface area contributed by atoms with Gasteiger partial charge >= 0.3 is 5.97 Å². The minimum absolute atomic E-state index is 0.161. The Balaban J connectivity index is 1.77. The van der Waals surface area contributed by atoms with E-state index in [9.17, 15) is 14.4 Å². The van der Waals surface area contributed by atoms with Gasteiger partial charge in [0.25, 0.3) is 11.5 Å². The molecule has 1 fully saturated rings. The van der Waals surface area contributed by atoms with E-state index >= 15 is 0 Å². The molecule has 1 amide bonds. The highest BCUT2D eigenvalue weighted by Gasteiger charge is 2.32. The van der Waals surface area contributed by atoms with Gasteiger partial charge in [-0.15, -0.1) is 11.3 Å². The molecule has 45 heavy (non-hydrogen) atoms. The Morgan fingerprint density at radius 2 is 1.80 bits per heavy atom. The van der Waals surface area contributed by atoms with Gasteiger partial charge in [-0.3, -0.25) is 19.0 Å². The molecule has 1 aliphatic heterocycles. The Hall–Kier alpha value is -3.79. The lowest BCUT2D eigenvalue weighted by molar-refractivity contribution is -0.144. The maximum Gasteiger partial charge on any atom is 0.324 e. The van der Waals surface area contributed by atoms with E-state index in [1.807, 2.05) is 47.8 Å². The fraction of sp³-hybridized carbons (Fsp3) is 0.371. The van der Waals surface area contributed by atoms with E-state index in [1.165, 1.54) is 18.4 Å². The van der Waals surface area contributed by atoms with Crippen LogP contribution in [0.5, 0.6) is 0 Å². The molecule has 8 nitrogen and oxygen atoms in total. The molecule has 1 atom stereocenters. The van der Waals surface area contributed by atoms with Gasteiger partial charge in [-0.1, -0.05) is 69.6 Å². The van der Waals surface area contributed by atoms with Crippen LogP contribution in [0.3, 0.4) is 0 Å². The number of nitrogens with one attached hydrogen (secondary N) is 1. The smallest absolute Gasteiger partial charge is 0.324 e. The molecule has 5 rings (SSSR count). The normalized spacial score (nSPS) is 15.0. The number of thiazole rings is 1. The van der Waals surface area contributed by atoms with Crippen LogP contribution in [0.2, 0.25) is 5.02 Å². The van der Waals surface area contributed by atoms with Crippen molar-refractivity contribution in [3.05, 3.63) is 91.7 Å². The zero-order chi connectivity index (χ0) is 32.2. The van der Waals surface area contributed by atoms with Crippen LogP contribution in [0.15, 0.2) is 58.7 Å². The first-order chi connectivity index (χ1) is 21.7. The summed E-state index contributed by atoms with van der Waals surface area (Å²) in [5.74, 6) is -0.478. The number of rotatable bonds is 9. The van der Waals surface area contributed by atoms with E-state index in [2.05, 4.69) is 33.0 Å². The Bertz CT molecular complexity index is 1740. The number of para-hydroxylation sites is 1. The number of methoxy groups -OCH3 is 1. The minimum atomic E-state index is -0.625. The average Bonchev–Trinajstić information content (AvgIpc) is 3.54. The van der Waals surface area contributed by atoms with Crippen molar-refractivity contribution in [3.8, 4) is 27.5 Å². The second kappa shape index (κ2) is 14.1. The second-order valence-electron chi connectivity index (χ2n) is 11.6. The van der Waals surface area contributed by atoms with Crippen LogP contribution in [-0.2, 0) is 28.8 Å². The molecule has 0 bridgehead atoms. The van der Waals surface area contributed by atoms with Gasteiger partial charge in [0.1, 0.15) is 11.0 Å². The van der Waals surface area contributed by atoms with Crippen molar-refractivity contribution in [3.63, 3.8) is 0 Å². The summed E-state index contributed by atoms with van der Waals surface area (Å²) in [7, 11) is 1.34. The number of nitrogens with zero attached hydrogens (tertiary/aromatic N) is 3. The van der Waals surface area contributed by atoms with Crippen LogP contribution < -0.4 is 10.9 Å². The van der Waals surface area contributed by atoms with Gasteiger partial charge in [0.05, 0.1) is 29.6 Å². The van der Waals surface area contributed by atoms with Crippen molar-refractivity contribution >= 4 is 34.8 Å². The maximum atomic E-state index is 14.7. The maximum absolute atomic E-state index is 14.7. The van der Waals surface area contributed by atoms with Gasteiger partial charge in [0, 0.05) is 41.3 Å². The predicted molar refractivity (Wildman–Crippen MR) is 181 cm³/mol. The topological polar surface area (TPSA) is 93.5 Å². The Morgan fingerprint density at radius 3 is 2.42 bits per heavy atom. The number of esters is 1. The monoisotopic (exact) mass is 646 g/mol. The first kappa shape index (κ1) is 32.6. The van der Waals surface area contributed by atoms with Crippen LogP contribution in [0.4, 0.5) is 0 Å². The van der Waals surface area contributed by atoms with Crippen molar-refractivity contribution in [2.24, 2.45) is 5.92 Å². The van der Waals surface area contributed by atoms with Crippen molar-refractivity contribution in [1.82, 2.24) is 19.8 Å². The summed E-state index contributed by atoms with van der Waals surface area (Å²) in [4.78, 5) is 48.2. The summed E-state index contributed by atoms with van der Waals surface area (Å²) in [5.41, 5.74) is 5.78. The van der Waals surface area contributed by atoms with Gasteiger partial charge in [-0.2, -0.15) is 0 Å². The summed E-state index contributed by atoms with van der Waals surface area (Å²) in [6, 6.07) is 14.6. The first-order valence-corrected chi connectivity index (χ1v) is 16.6. The molecule has 4 aromatic rings. The van der Waals surface area contributed by atoms with Crippen LogP contribution in [0.1, 0.15) is 54.9 Å². The first-order valence-electron chi connectivity index (χ1n) is 15.4. The van der Waals surface area contributed by atoms with E-state index in [0.29, 0.717) is 46.4 Å². The van der Waals surface area contributed by atoms with Gasteiger partial charge < -0.3 is 15.0 Å². The number of pyridine rings is 1. The zero-order valence-corrected chi connectivity index (χ0v) is 27.9. The molecular weight excluding hydrogens is 608 g/mol. The number of amides is 1. The molecular formula is C35H39ClN4O4S. The molecule has 10 heteroatoms. The largest absolute Gasteiger partial charge is 0.468 e. The lowest BCUT2D eigenvalue weighted by atomic mass is 9.96. The van der Waals surface area contributed by atoms with Crippen molar-refractivity contribution in [2.75, 3.05) is 26.7 Å². The van der Waals surface area contributed by atoms with E-state index < -0.39 is 12.0 Å². The molecule has 0 radical (unpaired) electrons. The van der Waals surface area contributed by atoms with Crippen LogP contribution >= 0.6 is 22.9 Å². The number of aromatic nitrogens is 2. The molecule has 0 aliphatic carbocycles. The summed E-state index contributed by atoms with van der Waals surface area (Å²) >= 11 is 7.48. The van der Waals surface area contributed by atoms with Crippen molar-refractivity contribution in [2.45, 2.75) is 53.0 Å². The van der Waals surface area contributed by atoms with Crippen molar-refractivity contribution in [1.29, 1.82) is 0 Å². The lowest BCUT2D eigenvalue weighted by Gasteiger charge is -2.33. The number of halogens is 1. The third-order valence-electron chi connectivity index (χ3n) is 8.15. The predicted octanol–water partition coefficient (Wildman–Crippen LogP) is 6.19. The standard InChI is InChI=1S/C35H39ClN4O4S/c1-6-22-9-8-10-23(7-2)31(22)40-30(17-21(3)4)26(33(41)39-16-15-37-28(19-39)35(43)44-5)18-27(34(40)42)32-38-29(20-45-32)24-11-13-25(36)14-12-24/h8-14,18,20-21,28,37H,6-7,15-17,19H2,1-5H3/t28-/m0/s1. The molecule has 0 unspecified atom stereocenters. The van der Waals surface area contributed by atoms with Gasteiger partial charge in [-0.25, -0.2) is 4.98 Å². The molecule has 1 aliphatic rings.